The number of hydrogen-bond acceptors (Lipinski definition) is 5. The standard InChI is InChI=1S/C18H21F5N6O2/c1-31-8-12(28-7-13(18(21,22)23)27-16(28)30)9-2-14-26-11(6-29(14)25-5-9)15(24)10-3-17(19,20)4-10/h2,5-6,10,12-13,15H,3-4,7-8,24H2,1H3,(H,27,30)/t12?,13-,15?/m0/s1. The Balaban J connectivity index is 1.58. The van der Waals surface area contributed by atoms with Gasteiger partial charge in [0.05, 0.1) is 43.3 Å². The molecule has 1 aliphatic carbocycles. The molecule has 1 saturated carbocycles. The number of methoxy groups -OCH3 is 1. The van der Waals surface area contributed by atoms with Gasteiger partial charge in [-0.15, -0.1) is 0 Å². The van der Waals surface area contributed by atoms with E-state index in [-0.39, 0.29) is 19.4 Å². The average molecular weight is 448 g/mol. The topological polar surface area (TPSA) is 97.8 Å². The van der Waals surface area contributed by atoms with Crippen molar-refractivity contribution < 1.29 is 31.5 Å². The lowest BCUT2D eigenvalue weighted by molar-refractivity contribution is -0.150. The van der Waals surface area contributed by atoms with E-state index >= 15 is 0 Å². The van der Waals surface area contributed by atoms with Crippen LogP contribution in [0.1, 0.15) is 36.2 Å². The number of fused-ring (bicyclic) bond motifs is 1. The number of nitrogens with zero attached hydrogens (tertiary/aromatic N) is 4. The Hall–Kier alpha value is -2.54. The number of ether oxygens (including phenoxy) is 1. The molecule has 0 bridgehead atoms. The Morgan fingerprint density at radius 1 is 1.39 bits per heavy atom. The first-order chi connectivity index (χ1) is 14.5. The number of hydrogen-bond donors (Lipinski definition) is 2. The molecule has 3 N–H and O–H groups in total. The van der Waals surface area contributed by atoms with Gasteiger partial charge >= 0.3 is 12.2 Å². The molecule has 2 amide bonds. The molecule has 2 fully saturated rings. The van der Waals surface area contributed by atoms with Crippen LogP contribution < -0.4 is 11.1 Å². The molecule has 0 aromatic carbocycles. The van der Waals surface area contributed by atoms with E-state index in [4.69, 9.17) is 10.5 Å². The summed E-state index contributed by atoms with van der Waals surface area (Å²) < 4.78 is 71.9. The lowest BCUT2D eigenvalue weighted by atomic mass is 9.76. The van der Waals surface area contributed by atoms with Crippen molar-refractivity contribution in [3.8, 4) is 0 Å². The number of urea groups is 1. The van der Waals surface area contributed by atoms with Gasteiger partial charge in [-0.3, -0.25) is 0 Å². The van der Waals surface area contributed by atoms with Crippen molar-refractivity contribution in [2.45, 2.75) is 43.1 Å². The summed E-state index contributed by atoms with van der Waals surface area (Å²) >= 11 is 0. The maximum Gasteiger partial charge on any atom is 0.410 e. The Labute approximate surface area is 173 Å². The van der Waals surface area contributed by atoms with Crippen LogP contribution in [0.2, 0.25) is 0 Å². The summed E-state index contributed by atoms with van der Waals surface area (Å²) in [7, 11) is 1.37. The van der Waals surface area contributed by atoms with Gasteiger partial charge in [0, 0.05) is 25.5 Å². The SMILES string of the molecule is COCC(c1cnn2cc(C(N)C3CC(F)(F)C3)nc2c1)N1C[C@@H](C(F)(F)F)NC1=O. The summed E-state index contributed by atoms with van der Waals surface area (Å²) in [6.07, 6.45) is -2.24. The second-order valence-electron chi connectivity index (χ2n) is 7.97. The van der Waals surface area contributed by atoms with E-state index in [2.05, 4.69) is 10.1 Å². The summed E-state index contributed by atoms with van der Waals surface area (Å²) in [6.45, 7) is -0.623. The third kappa shape index (κ3) is 4.15. The first-order valence-electron chi connectivity index (χ1n) is 9.60. The van der Waals surface area contributed by atoms with Crippen LogP contribution in [0.4, 0.5) is 26.7 Å². The molecule has 8 nitrogen and oxygen atoms in total. The van der Waals surface area contributed by atoms with Gasteiger partial charge in [-0.2, -0.15) is 18.3 Å². The van der Waals surface area contributed by atoms with Gasteiger partial charge in [0.2, 0.25) is 5.92 Å². The van der Waals surface area contributed by atoms with Crippen molar-refractivity contribution in [3.63, 3.8) is 0 Å². The van der Waals surface area contributed by atoms with Gasteiger partial charge in [0.25, 0.3) is 0 Å². The van der Waals surface area contributed by atoms with E-state index in [9.17, 15) is 26.7 Å². The zero-order chi connectivity index (χ0) is 22.6. The zero-order valence-corrected chi connectivity index (χ0v) is 16.4. The molecule has 2 aliphatic rings. The second kappa shape index (κ2) is 7.55. The molecule has 3 atom stereocenters. The number of carbonyl (C=O) groups is 1. The lowest BCUT2D eigenvalue weighted by Crippen LogP contribution is -2.41. The Bertz CT molecular complexity index is 972. The van der Waals surface area contributed by atoms with Gasteiger partial charge in [0.15, 0.2) is 5.65 Å². The quantitative estimate of drug-likeness (QED) is 0.662. The monoisotopic (exact) mass is 448 g/mol. The lowest BCUT2D eigenvalue weighted by Gasteiger charge is -2.37. The number of aromatic nitrogens is 3. The minimum atomic E-state index is -4.57. The second-order valence-corrected chi connectivity index (χ2v) is 7.97. The first-order valence-corrected chi connectivity index (χ1v) is 9.60. The fourth-order valence-electron chi connectivity index (χ4n) is 3.99. The van der Waals surface area contributed by atoms with E-state index in [1.165, 1.54) is 24.0 Å². The highest BCUT2D eigenvalue weighted by Crippen LogP contribution is 2.47. The molecule has 31 heavy (non-hydrogen) atoms. The van der Waals surface area contributed by atoms with E-state index in [0.29, 0.717) is 16.9 Å². The molecule has 0 radical (unpaired) electrons. The molecule has 3 heterocycles. The van der Waals surface area contributed by atoms with Gasteiger partial charge < -0.3 is 20.7 Å². The molecule has 0 spiro atoms. The molecule has 4 rings (SSSR count). The van der Waals surface area contributed by atoms with Crippen molar-refractivity contribution in [2.75, 3.05) is 20.3 Å². The third-order valence-electron chi connectivity index (χ3n) is 5.75. The van der Waals surface area contributed by atoms with E-state index in [1.54, 1.807) is 6.07 Å². The smallest absolute Gasteiger partial charge is 0.382 e. The van der Waals surface area contributed by atoms with E-state index < -0.39 is 48.7 Å². The van der Waals surface area contributed by atoms with Crippen LogP contribution >= 0.6 is 0 Å². The van der Waals surface area contributed by atoms with Gasteiger partial charge in [-0.25, -0.2) is 23.1 Å². The van der Waals surface area contributed by atoms with Crippen molar-refractivity contribution >= 4 is 11.7 Å². The highest BCUT2D eigenvalue weighted by atomic mass is 19.4. The largest absolute Gasteiger partial charge is 0.410 e. The fraction of sp³-hybridized carbons (Fsp3) is 0.611. The van der Waals surface area contributed by atoms with Crippen molar-refractivity contribution in [1.82, 2.24) is 24.8 Å². The Kier molecular flexibility index (Phi) is 5.28. The van der Waals surface area contributed by atoms with Crippen molar-refractivity contribution in [3.05, 3.63) is 29.7 Å². The summed E-state index contributed by atoms with van der Waals surface area (Å²) in [5.41, 5.74) is 7.23. The van der Waals surface area contributed by atoms with Crippen LogP contribution in [-0.4, -0.2) is 63.9 Å². The molecule has 13 heteroatoms. The van der Waals surface area contributed by atoms with Gasteiger partial charge in [-0.1, -0.05) is 0 Å². The predicted octanol–water partition coefficient (Wildman–Crippen LogP) is 2.42. The molecule has 2 aromatic rings. The number of nitrogens with one attached hydrogen (secondary N) is 1. The van der Waals surface area contributed by atoms with Crippen LogP contribution in [0.15, 0.2) is 18.5 Å². The van der Waals surface area contributed by atoms with Gasteiger partial charge in [0.1, 0.15) is 6.04 Å². The molecular weight excluding hydrogens is 427 g/mol. The van der Waals surface area contributed by atoms with E-state index in [0.717, 1.165) is 4.90 Å². The Morgan fingerprint density at radius 2 is 2.10 bits per heavy atom. The maximum atomic E-state index is 13.2. The summed E-state index contributed by atoms with van der Waals surface area (Å²) in [6, 6.07) is -2.78. The summed E-state index contributed by atoms with van der Waals surface area (Å²) in [5, 5.41) is 6.13. The minimum Gasteiger partial charge on any atom is -0.382 e. The zero-order valence-electron chi connectivity index (χ0n) is 16.4. The number of amides is 2. The van der Waals surface area contributed by atoms with E-state index in [1.807, 2.05) is 5.32 Å². The highest BCUT2D eigenvalue weighted by Gasteiger charge is 2.49. The predicted molar refractivity (Wildman–Crippen MR) is 97.3 cm³/mol. The molecule has 1 saturated heterocycles. The van der Waals surface area contributed by atoms with Gasteiger partial charge in [-0.05, 0) is 12.0 Å². The number of alkyl halides is 5. The maximum absolute atomic E-state index is 13.2. The molecular formula is C18H21F5N6O2. The third-order valence-corrected chi connectivity index (χ3v) is 5.75. The number of imidazole rings is 1. The normalized spacial score (nSPS) is 23.6. The van der Waals surface area contributed by atoms with Crippen LogP contribution in [0.5, 0.6) is 0 Å². The average Bonchev–Trinajstić information content (AvgIpc) is 3.26. The number of carbonyl (C=O) groups excluding carboxylic acids is 1. The highest BCUT2D eigenvalue weighted by molar-refractivity contribution is 5.77. The van der Waals surface area contributed by atoms with Crippen LogP contribution in [0.3, 0.4) is 0 Å². The summed E-state index contributed by atoms with van der Waals surface area (Å²) in [5.74, 6) is -3.10. The molecule has 1 aliphatic heterocycles. The summed E-state index contributed by atoms with van der Waals surface area (Å²) in [4.78, 5) is 17.6. The fourth-order valence-corrected chi connectivity index (χ4v) is 3.99. The first kappa shape index (κ1) is 21.7. The molecule has 2 aromatic heterocycles. The number of halogens is 5. The van der Waals surface area contributed by atoms with Crippen LogP contribution in [-0.2, 0) is 4.74 Å². The number of nitrogens with two attached hydrogens (primary N) is 1. The molecule has 170 valence electrons. The number of rotatable bonds is 6. The van der Waals surface area contributed by atoms with Crippen molar-refractivity contribution in [1.29, 1.82) is 0 Å². The minimum absolute atomic E-state index is 0.0555. The van der Waals surface area contributed by atoms with Crippen LogP contribution in [0, 0.1) is 5.92 Å². The van der Waals surface area contributed by atoms with Crippen molar-refractivity contribution in [2.24, 2.45) is 11.7 Å². The van der Waals surface area contributed by atoms with Crippen LogP contribution in [0.25, 0.3) is 5.65 Å². The Morgan fingerprint density at radius 3 is 2.68 bits per heavy atom. The molecule has 2 unspecified atom stereocenters.